The number of fused-ring (bicyclic) bond motifs is 1. The van der Waals surface area contributed by atoms with Crippen molar-refractivity contribution < 1.29 is 13.5 Å². The van der Waals surface area contributed by atoms with Crippen LogP contribution in [0.25, 0.3) is 10.8 Å². The Bertz CT molecular complexity index is 669. The van der Waals surface area contributed by atoms with Crippen molar-refractivity contribution in [2.45, 2.75) is 19.5 Å². The Morgan fingerprint density at radius 2 is 1.79 bits per heavy atom. The van der Waals surface area contributed by atoms with Gasteiger partial charge < -0.3 is 14.5 Å². The number of benzene rings is 2. The van der Waals surface area contributed by atoms with Crippen LogP contribution in [0.4, 0.5) is 8.78 Å². The van der Waals surface area contributed by atoms with E-state index in [0.717, 1.165) is 61.9 Å². The largest absolute Gasteiger partial charge is 0.435 e. The number of hydrogen-bond acceptors (Lipinski definition) is 3. The molecule has 1 heterocycles. The highest BCUT2D eigenvalue weighted by molar-refractivity contribution is 5.87. The molecule has 0 saturated carbocycles. The fraction of sp³-hybridized carbons (Fsp3) is 0.474. The zero-order valence-electron chi connectivity index (χ0n) is 14.0. The number of hydrogen-bond donors (Lipinski definition) is 0. The molecule has 1 aliphatic rings. The van der Waals surface area contributed by atoms with E-state index >= 15 is 0 Å². The number of likely N-dealkylation sites (N-methyl/N-ethyl adjacent to an activating group) is 1. The quantitative estimate of drug-likeness (QED) is 0.802. The molecule has 24 heavy (non-hydrogen) atoms. The second kappa shape index (κ2) is 7.90. The van der Waals surface area contributed by atoms with Crippen molar-refractivity contribution in [3.63, 3.8) is 0 Å². The zero-order valence-corrected chi connectivity index (χ0v) is 14.0. The van der Waals surface area contributed by atoms with Gasteiger partial charge in [0.1, 0.15) is 5.75 Å². The van der Waals surface area contributed by atoms with Gasteiger partial charge in [0.2, 0.25) is 0 Å². The van der Waals surface area contributed by atoms with E-state index in [4.69, 9.17) is 4.74 Å². The van der Waals surface area contributed by atoms with Crippen LogP contribution in [0, 0.1) is 0 Å². The molecule has 0 atom stereocenters. The molecular weight excluding hydrogens is 310 g/mol. The van der Waals surface area contributed by atoms with Crippen molar-refractivity contribution in [2.24, 2.45) is 0 Å². The van der Waals surface area contributed by atoms with Crippen molar-refractivity contribution in [3.05, 3.63) is 42.0 Å². The first-order valence-corrected chi connectivity index (χ1v) is 8.50. The average Bonchev–Trinajstić information content (AvgIpc) is 2.58. The lowest BCUT2D eigenvalue weighted by atomic mass is 9.99. The number of alkyl halides is 2. The Balaban J connectivity index is 1.71. The maximum Gasteiger partial charge on any atom is 0.387 e. The lowest BCUT2D eigenvalue weighted by molar-refractivity contribution is -0.0503. The van der Waals surface area contributed by atoms with Crippen LogP contribution >= 0.6 is 0 Å². The van der Waals surface area contributed by atoms with Gasteiger partial charge in [-0.2, -0.15) is 8.78 Å². The van der Waals surface area contributed by atoms with Gasteiger partial charge in [-0.05, 0) is 43.3 Å². The number of piperazine rings is 1. The van der Waals surface area contributed by atoms with Gasteiger partial charge in [0.05, 0.1) is 0 Å². The van der Waals surface area contributed by atoms with Gasteiger partial charge in [0, 0.05) is 31.7 Å². The van der Waals surface area contributed by atoms with E-state index in [1.807, 2.05) is 30.3 Å². The third kappa shape index (κ3) is 4.22. The molecule has 3 nitrogen and oxygen atoms in total. The molecule has 5 heteroatoms. The average molecular weight is 334 g/mol. The molecule has 0 spiro atoms. The molecule has 0 amide bonds. The van der Waals surface area contributed by atoms with Crippen LogP contribution in [0.2, 0.25) is 0 Å². The number of aryl methyl sites for hydroxylation is 1. The summed E-state index contributed by atoms with van der Waals surface area (Å²) < 4.78 is 30.2. The Morgan fingerprint density at radius 1 is 1.04 bits per heavy atom. The number of nitrogens with zero attached hydrogens (tertiary/aromatic N) is 2. The summed E-state index contributed by atoms with van der Waals surface area (Å²) in [6.45, 7) is 2.54. The van der Waals surface area contributed by atoms with E-state index in [1.165, 1.54) is 0 Å². The normalized spacial score (nSPS) is 16.8. The van der Waals surface area contributed by atoms with E-state index in [-0.39, 0.29) is 0 Å². The Hall–Kier alpha value is -1.72. The molecule has 0 unspecified atom stereocenters. The molecule has 2 aromatic carbocycles. The van der Waals surface area contributed by atoms with Gasteiger partial charge >= 0.3 is 6.61 Å². The van der Waals surface area contributed by atoms with Crippen molar-refractivity contribution in [1.29, 1.82) is 0 Å². The Morgan fingerprint density at radius 3 is 2.54 bits per heavy atom. The van der Waals surface area contributed by atoms with Crippen LogP contribution in [0.3, 0.4) is 0 Å². The summed E-state index contributed by atoms with van der Waals surface area (Å²) in [6.07, 6.45) is 1.69. The number of halogens is 2. The van der Waals surface area contributed by atoms with Crippen LogP contribution in [0.1, 0.15) is 12.0 Å². The molecule has 0 radical (unpaired) electrons. The Labute approximate surface area is 141 Å². The minimum Gasteiger partial charge on any atom is -0.435 e. The summed E-state index contributed by atoms with van der Waals surface area (Å²) in [5, 5.41) is 2.07. The van der Waals surface area contributed by atoms with Crippen LogP contribution in [0.15, 0.2) is 36.4 Å². The molecule has 2 aromatic rings. The van der Waals surface area contributed by atoms with Gasteiger partial charge in [-0.15, -0.1) is 0 Å². The molecule has 0 aromatic heterocycles. The predicted octanol–water partition coefficient (Wildman–Crippen LogP) is 3.62. The molecule has 130 valence electrons. The third-order valence-electron chi connectivity index (χ3n) is 4.71. The summed E-state index contributed by atoms with van der Waals surface area (Å²) in [6, 6.07) is 11.4. The number of rotatable bonds is 6. The number of ether oxygens (including phenoxy) is 1. The second-order valence-electron chi connectivity index (χ2n) is 6.39. The van der Waals surface area contributed by atoms with Gasteiger partial charge in [0.25, 0.3) is 0 Å². The highest BCUT2D eigenvalue weighted by Crippen LogP contribution is 2.30. The van der Waals surface area contributed by atoms with Crippen LogP contribution in [-0.4, -0.2) is 56.2 Å². The van der Waals surface area contributed by atoms with Crippen molar-refractivity contribution >= 4 is 10.8 Å². The SMILES string of the molecule is CN1CCN(CCCc2c(OC(F)F)ccc3ccccc23)CC1. The molecule has 1 aliphatic heterocycles. The summed E-state index contributed by atoms with van der Waals surface area (Å²) in [5.41, 5.74) is 0.891. The van der Waals surface area contributed by atoms with E-state index in [2.05, 4.69) is 16.8 Å². The van der Waals surface area contributed by atoms with Crippen molar-refractivity contribution in [1.82, 2.24) is 9.80 Å². The molecule has 0 N–H and O–H groups in total. The molecular formula is C19H24F2N2O. The van der Waals surface area contributed by atoms with E-state index < -0.39 is 6.61 Å². The third-order valence-corrected chi connectivity index (χ3v) is 4.71. The fourth-order valence-electron chi connectivity index (χ4n) is 3.33. The highest BCUT2D eigenvalue weighted by atomic mass is 19.3. The first-order valence-electron chi connectivity index (χ1n) is 8.50. The summed E-state index contributed by atoms with van der Waals surface area (Å²) >= 11 is 0. The Kier molecular flexibility index (Phi) is 5.63. The molecule has 3 rings (SSSR count). The smallest absolute Gasteiger partial charge is 0.387 e. The first-order chi connectivity index (χ1) is 11.6. The van der Waals surface area contributed by atoms with Gasteiger partial charge in [-0.3, -0.25) is 0 Å². The maximum atomic E-state index is 12.7. The minimum absolute atomic E-state index is 0.307. The predicted molar refractivity (Wildman–Crippen MR) is 92.8 cm³/mol. The van der Waals surface area contributed by atoms with Gasteiger partial charge in [-0.25, -0.2) is 0 Å². The van der Waals surface area contributed by atoms with Crippen LogP contribution in [0.5, 0.6) is 5.75 Å². The van der Waals surface area contributed by atoms with Crippen LogP contribution in [-0.2, 0) is 6.42 Å². The van der Waals surface area contributed by atoms with Gasteiger partial charge in [-0.1, -0.05) is 30.3 Å². The molecule has 1 saturated heterocycles. The first kappa shape index (κ1) is 17.1. The summed E-state index contributed by atoms with van der Waals surface area (Å²) in [5.74, 6) is 0.307. The van der Waals surface area contributed by atoms with Crippen LogP contribution < -0.4 is 4.74 Å². The van der Waals surface area contributed by atoms with Crippen molar-refractivity contribution in [2.75, 3.05) is 39.8 Å². The topological polar surface area (TPSA) is 15.7 Å². The lowest BCUT2D eigenvalue weighted by Gasteiger charge is -2.32. The van der Waals surface area contributed by atoms with E-state index in [9.17, 15) is 8.78 Å². The van der Waals surface area contributed by atoms with Crippen molar-refractivity contribution in [3.8, 4) is 5.75 Å². The molecule has 1 fully saturated rings. The summed E-state index contributed by atoms with van der Waals surface area (Å²) in [7, 11) is 2.14. The van der Waals surface area contributed by atoms with E-state index in [0.29, 0.717) is 5.75 Å². The summed E-state index contributed by atoms with van der Waals surface area (Å²) in [4.78, 5) is 4.77. The monoisotopic (exact) mass is 334 g/mol. The molecule has 0 bridgehead atoms. The lowest BCUT2D eigenvalue weighted by Crippen LogP contribution is -2.44. The second-order valence-corrected chi connectivity index (χ2v) is 6.39. The van der Waals surface area contributed by atoms with E-state index in [1.54, 1.807) is 6.07 Å². The molecule has 0 aliphatic carbocycles. The van der Waals surface area contributed by atoms with Gasteiger partial charge in [0.15, 0.2) is 0 Å². The standard InChI is InChI=1S/C19H24F2N2O/c1-22-11-13-23(14-12-22)10-4-7-17-16-6-3-2-5-15(16)8-9-18(17)24-19(20)21/h2-3,5-6,8-9,19H,4,7,10-14H2,1H3. The maximum absolute atomic E-state index is 12.7. The fourth-order valence-corrected chi connectivity index (χ4v) is 3.33. The minimum atomic E-state index is -2.79. The zero-order chi connectivity index (χ0) is 16.9. The highest BCUT2D eigenvalue weighted by Gasteiger charge is 2.15.